The Hall–Kier alpha value is -1.28. The third kappa shape index (κ3) is 2.22. The maximum atomic E-state index is 5.62. The SMILES string of the molecule is NCCCc1cccc2ccn(CC3CC3)c12. The van der Waals surface area contributed by atoms with Gasteiger partial charge in [0.2, 0.25) is 0 Å². The third-order valence-corrected chi connectivity index (χ3v) is 3.67. The topological polar surface area (TPSA) is 30.9 Å². The number of aryl methyl sites for hydroxylation is 1. The number of hydrogen-bond donors (Lipinski definition) is 1. The molecule has 1 aromatic carbocycles. The van der Waals surface area contributed by atoms with Crippen molar-refractivity contribution < 1.29 is 0 Å². The number of aromatic nitrogens is 1. The molecule has 0 atom stereocenters. The van der Waals surface area contributed by atoms with Crippen LogP contribution in [0.15, 0.2) is 30.5 Å². The molecule has 0 unspecified atom stereocenters. The lowest BCUT2D eigenvalue weighted by Crippen LogP contribution is -2.03. The van der Waals surface area contributed by atoms with Gasteiger partial charge in [-0.3, -0.25) is 0 Å². The number of nitrogens with zero attached hydrogens (tertiary/aromatic N) is 1. The fraction of sp³-hybridized carbons (Fsp3) is 0.467. The highest BCUT2D eigenvalue weighted by molar-refractivity contribution is 5.83. The normalized spacial score (nSPS) is 15.6. The molecule has 1 heterocycles. The van der Waals surface area contributed by atoms with Gasteiger partial charge in [-0.25, -0.2) is 0 Å². The zero-order valence-electron chi connectivity index (χ0n) is 10.2. The van der Waals surface area contributed by atoms with Crippen molar-refractivity contribution in [1.29, 1.82) is 0 Å². The van der Waals surface area contributed by atoms with Gasteiger partial charge in [0, 0.05) is 12.7 Å². The Morgan fingerprint density at radius 2 is 2.12 bits per heavy atom. The third-order valence-electron chi connectivity index (χ3n) is 3.67. The van der Waals surface area contributed by atoms with E-state index >= 15 is 0 Å². The Morgan fingerprint density at radius 3 is 2.88 bits per heavy atom. The van der Waals surface area contributed by atoms with Crippen LogP contribution in [-0.4, -0.2) is 11.1 Å². The average molecular weight is 228 g/mol. The van der Waals surface area contributed by atoms with E-state index in [1.54, 1.807) is 0 Å². The molecule has 1 aliphatic rings. The molecule has 0 amide bonds. The highest BCUT2D eigenvalue weighted by Crippen LogP contribution is 2.32. The van der Waals surface area contributed by atoms with Crippen LogP contribution in [0, 0.1) is 5.92 Å². The number of nitrogens with two attached hydrogens (primary N) is 1. The molecule has 2 heteroatoms. The second-order valence-corrected chi connectivity index (χ2v) is 5.16. The second kappa shape index (κ2) is 4.53. The summed E-state index contributed by atoms with van der Waals surface area (Å²) in [6.45, 7) is 1.98. The largest absolute Gasteiger partial charge is 0.347 e. The van der Waals surface area contributed by atoms with E-state index in [0.717, 1.165) is 25.3 Å². The average Bonchev–Trinajstić information content (AvgIpc) is 3.07. The summed E-state index contributed by atoms with van der Waals surface area (Å²) in [6, 6.07) is 8.87. The molecule has 0 saturated heterocycles. The molecule has 0 spiro atoms. The van der Waals surface area contributed by atoms with Crippen LogP contribution < -0.4 is 5.73 Å². The van der Waals surface area contributed by atoms with E-state index in [1.165, 1.54) is 35.9 Å². The van der Waals surface area contributed by atoms with Crippen LogP contribution in [0.4, 0.5) is 0 Å². The van der Waals surface area contributed by atoms with Crippen LogP contribution in [0.1, 0.15) is 24.8 Å². The lowest BCUT2D eigenvalue weighted by Gasteiger charge is -2.09. The predicted molar refractivity (Wildman–Crippen MR) is 72.0 cm³/mol. The number of rotatable bonds is 5. The van der Waals surface area contributed by atoms with Crippen molar-refractivity contribution in [1.82, 2.24) is 4.57 Å². The molecule has 1 aromatic heterocycles. The molecule has 90 valence electrons. The Bertz CT molecular complexity index is 509. The Balaban J connectivity index is 1.97. The molecule has 2 N–H and O–H groups in total. The summed E-state index contributed by atoms with van der Waals surface area (Å²) >= 11 is 0. The first-order valence-electron chi connectivity index (χ1n) is 6.65. The summed E-state index contributed by atoms with van der Waals surface area (Å²) < 4.78 is 2.44. The first-order chi connectivity index (χ1) is 8.38. The van der Waals surface area contributed by atoms with Gasteiger partial charge < -0.3 is 10.3 Å². The number of benzene rings is 1. The molecule has 0 radical (unpaired) electrons. The molecule has 0 aliphatic heterocycles. The Morgan fingerprint density at radius 1 is 1.24 bits per heavy atom. The lowest BCUT2D eigenvalue weighted by molar-refractivity contribution is 0.645. The van der Waals surface area contributed by atoms with Gasteiger partial charge in [-0.2, -0.15) is 0 Å². The minimum atomic E-state index is 0.778. The first-order valence-corrected chi connectivity index (χ1v) is 6.65. The van der Waals surface area contributed by atoms with Crippen LogP contribution >= 0.6 is 0 Å². The summed E-state index contributed by atoms with van der Waals surface area (Å²) in [4.78, 5) is 0. The molecule has 17 heavy (non-hydrogen) atoms. The highest BCUT2D eigenvalue weighted by atomic mass is 15.0. The van der Waals surface area contributed by atoms with E-state index in [9.17, 15) is 0 Å². The van der Waals surface area contributed by atoms with E-state index in [4.69, 9.17) is 5.73 Å². The lowest BCUT2D eigenvalue weighted by atomic mass is 10.1. The van der Waals surface area contributed by atoms with Crippen molar-refractivity contribution in [2.75, 3.05) is 6.54 Å². The summed E-state index contributed by atoms with van der Waals surface area (Å²) in [6.07, 6.45) is 7.24. The fourth-order valence-electron chi connectivity index (χ4n) is 2.57. The summed E-state index contributed by atoms with van der Waals surface area (Å²) in [7, 11) is 0. The Kier molecular flexibility index (Phi) is 2.89. The van der Waals surface area contributed by atoms with E-state index < -0.39 is 0 Å². The van der Waals surface area contributed by atoms with Crippen LogP contribution in [0.2, 0.25) is 0 Å². The van der Waals surface area contributed by atoms with E-state index in [1.807, 2.05) is 0 Å². The van der Waals surface area contributed by atoms with Crippen LogP contribution in [0.3, 0.4) is 0 Å². The summed E-state index contributed by atoms with van der Waals surface area (Å²) in [5.41, 5.74) is 8.51. The van der Waals surface area contributed by atoms with Gasteiger partial charge in [-0.15, -0.1) is 0 Å². The van der Waals surface area contributed by atoms with Gasteiger partial charge in [0.25, 0.3) is 0 Å². The number of hydrogen-bond acceptors (Lipinski definition) is 1. The van der Waals surface area contributed by atoms with Crippen LogP contribution in [0.5, 0.6) is 0 Å². The van der Waals surface area contributed by atoms with E-state index in [2.05, 4.69) is 35.0 Å². The number of fused-ring (bicyclic) bond motifs is 1. The fourth-order valence-corrected chi connectivity index (χ4v) is 2.57. The first kappa shape index (κ1) is 10.8. The zero-order valence-corrected chi connectivity index (χ0v) is 10.2. The van der Waals surface area contributed by atoms with Gasteiger partial charge in [0.15, 0.2) is 0 Å². The van der Waals surface area contributed by atoms with E-state index in [0.29, 0.717) is 0 Å². The van der Waals surface area contributed by atoms with Crippen molar-refractivity contribution in [3.8, 4) is 0 Å². The molecule has 1 aliphatic carbocycles. The molecule has 2 nitrogen and oxygen atoms in total. The quantitative estimate of drug-likeness (QED) is 0.838. The predicted octanol–water partition coefficient (Wildman–Crippen LogP) is 2.94. The van der Waals surface area contributed by atoms with Gasteiger partial charge in [0.05, 0.1) is 5.52 Å². The Labute approximate surface area is 102 Å². The zero-order chi connectivity index (χ0) is 11.7. The van der Waals surface area contributed by atoms with Crippen molar-refractivity contribution in [3.63, 3.8) is 0 Å². The van der Waals surface area contributed by atoms with Gasteiger partial charge in [0.1, 0.15) is 0 Å². The van der Waals surface area contributed by atoms with Crippen molar-refractivity contribution in [3.05, 3.63) is 36.0 Å². The number of para-hydroxylation sites is 1. The molecule has 1 fully saturated rings. The highest BCUT2D eigenvalue weighted by Gasteiger charge is 2.22. The molecular weight excluding hydrogens is 208 g/mol. The minimum Gasteiger partial charge on any atom is -0.347 e. The standard InChI is InChI=1S/C15H20N2/c16-9-2-5-13-3-1-4-14-8-10-17(15(13)14)11-12-6-7-12/h1,3-4,8,10,12H,2,5-7,9,11,16H2. The smallest absolute Gasteiger partial charge is 0.0512 e. The van der Waals surface area contributed by atoms with Crippen molar-refractivity contribution >= 4 is 10.9 Å². The van der Waals surface area contributed by atoms with Crippen LogP contribution in [0.25, 0.3) is 10.9 Å². The van der Waals surface area contributed by atoms with E-state index in [-0.39, 0.29) is 0 Å². The maximum Gasteiger partial charge on any atom is 0.0512 e. The second-order valence-electron chi connectivity index (χ2n) is 5.16. The monoisotopic (exact) mass is 228 g/mol. The van der Waals surface area contributed by atoms with Crippen LogP contribution in [-0.2, 0) is 13.0 Å². The molecule has 0 bridgehead atoms. The van der Waals surface area contributed by atoms with Gasteiger partial charge in [-0.1, -0.05) is 18.2 Å². The summed E-state index contributed by atoms with van der Waals surface area (Å²) in [5, 5.41) is 1.38. The maximum absolute atomic E-state index is 5.62. The molecule has 1 saturated carbocycles. The minimum absolute atomic E-state index is 0.778. The van der Waals surface area contributed by atoms with Crippen molar-refractivity contribution in [2.45, 2.75) is 32.2 Å². The van der Waals surface area contributed by atoms with Crippen molar-refractivity contribution in [2.24, 2.45) is 11.7 Å². The molecule has 2 aromatic rings. The molecular formula is C15H20N2. The van der Waals surface area contributed by atoms with Gasteiger partial charge >= 0.3 is 0 Å². The summed E-state index contributed by atoms with van der Waals surface area (Å²) in [5.74, 6) is 0.924. The van der Waals surface area contributed by atoms with Gasteiger partial charge in [-0.05, 0) is 55.2 Å². The molecule has 3 rings (SSSR count).